The zero-order valence-electron chi connectivity index (χ0n) is 11.4. The van der Waals surface area contributed by atoms with E-state index in [9.17, 15) is 4.79 Å². The molecule has 0 spiro atoms. The van der Waals surface area contributed by atoms with Crippen LogP contribution in [0.5, 0.6) is 5.75 Å². The Morgan fingerprint density at radius 2 is 2.10 bits per heavy atom. The number of para-hydroxylation sites is 1. The average Bonchev–Trinajstić information content (AvgIpc) is 2.92. The van der Waals surface area contributed by atoms with Gasteiger partial charge in [0.05, 0.1) is 30.1 Å². The number of carbonyl (C=O) groups is 1. The van der Waals surface area contributed by atoms with Gasteiger partial charge in [-0.3, -0.25) is 4.79 Å². The van der Waals surface area contributed by atoms with E-state index in [-0.39, 0.29) is 5.56 Å². The van der Waals surface area contributed by atoms with E-state index in [0.29, 0.717) is 11.2 Å². The summed E-state index contributed by atoms with van der Waals surface area (Å²) in [7, 11) is 1.62. The van der Waals surface area contributed by atoms with E-state index in [0.717, 1.165) is 16.9 Å². The molecule has 0 aliphatic heterocycles. The minimum Gasteiger partial charge on any atom is -0.496 e. The fraction of sp³-hybridized carbons (Fsp3) is 0.0667. The van der Waals surface area contributed by atoms with Crippen molar-refractivity contribution in [1.82, 2.24) is 9.61 Å². The topological polar surface area (TPSA) is 95.6 Å². The number of hydrogen-bond donors (Lipinski definition) is 2. The van der Waals surface area contributed by atoms with E-state index >= 15 is 0 Å². The van der Waals surface area contributed by atoms with Crippen LogP contribution < -0.4 is 16.2 Å². The monoisotopic (exact) mass is 282 g/mol. The molecule has 0 saturated heterocycles. The molecule has 0 aliphatic rings. The highest BCUT2D eigenvalue weighted by Gasteiger charge is 2.14. The molecule has 0 unspecified atom stereocenters. The van der Waals surface area contributed by atoms with Gasteiger partial charge in [-0.15, -0.1) is 0 Å². The number of carbonyl (C=O) groups excluding carboxylic acids is 1. The summed E-state index contributed by atoms with van der Waals surface area (Å²) in [5.41, 5.74) is 14.3. The molecule has 0 fully saturated rings. The molecule has 1 aromatic carbocycles. The first-order valence-corrected chi connectivity index (χ1v) is 6.32. The number of hydrogen-bond acceptors (Lipinski definition) is 4. The smallest absolute Gasteiger partial charge is 0.252 e. The van der Waals surface area contributed by atoms with Crippen molar-refractivity contribution >= 4 is 17.1 Å². The quantitative estimate of drug-likeness (QED) is 0.764. The predicted octanol–water partition coefficient (Wildman–Crippen LogP) is 1.69. The number of anilines is 1. The number of nitrogens with two attached hydrogens (primary N) is 2. The molecule has 0 saturated carbocycles. The number of ether oxygens (including phenoxy) is 1. The number of amides is 1. The largest absolute Gasteiger partial charge is 0.496 e. The van der Waals surface area contributed by atoms with Crippen LogP contribution in [0.1, 0.15) is 10.4 Å². The van der Waals surface area contributed by atoms with E-state index in [1.165, 1.54) is 6.20 Å². The second kappa shape index (κ2) is 4.82. The van der Waals surface area contributed by atoms with E-state index < -0.39 is 5.91 Å². The summed E-state index contributed by atoms with van der Waals surface area (Å²) in [6, 6.07) is 9.50. The van der Waals surface area contributed by atoms with Gasteiger partial charge in [0.2, 0.25) is 0 Å². The lowest BCUT2D eigenvalue weighted by molar-refractivity contribution is 0.100. The number of benzene rings is 1. The van der Waals surface area contributed by atoms with Crippen LogP contribution >= 0.6 is 0 Å². The molecule has 4 N–H and O–H groups in total. The van der Waals surface area contributed by atoms with Gasteiger partial charge in [0.25, 0.3) is 5.91 Å². The molecule has 106 valence electrons. The Balaban J connectivity index is 2.22. The number of rotatable bonds is 3. The normalized spacial score (nSPS) is 10.7. The minimum atomic E-state index is -0.595. The van der Waals surface area contributed by atoms with Gasteiger partial charge in [-0.2, -0.15) is 5.10 Å². The van der Waals surface area contributed by atoms with Gasteiger partial charge in [-0.1, -0.05) is 18.2 Å². The Hall–Kier alpha value is -3.02. The fourth-order valence-corrected chi connectivity index (χ4v) is 2.30. The molecule has 0 atom stereocenters. The van der Waals surface area contributed by atoms with Gasteiger partial charge in [0.15, 0.2) is 0 Å². The summed E-state index contributed by atoms with van der Waals surface area (Å²) in [4.78, 5) is 11.3. The third-order valence-corrected chi connectivity index (χ3v) is 3.36. The van der Waals surface area contributed by atoms with E-state index in [1.807, 2.05) is 36.5 Å². The van der Waals surface area contributed by atoms with Crippen molar-refractivity contribution in [3.8, 4) is 16.9 Å². The number of primary amides is 1. The molecule has 1 amide bonds. The Labute approximate surface area is 120 Å². The molecule has 6 heteroatoms. The van der Waals surface area contributed by atoms with Gasteiger partial charge in [0, 0.05) is 17.3 Å². The molecule has 6 nitrogen and oxygen atoms in total. The Morgan fingerprint density at radius 3 is 2.81 bits per heavy atom. The average molecular weight is 282 g/mol. The summed E-state index contributed by atoms with van der Waals surface area (Å²) in [6.45, 7) is 0. The molecule has 21 heavy (non-hydrogen) atoms. The standard InChI is InChI=1S/C15H14N4O2/c1-21-13-5-3-2-4-10(13)9-6-12-14(16)11(15(17)20)7-18-19(12)8-9/h2-8H,16H2,1H3,(H2,17,20). The van der Waals surface area contributed by atoms with Crippen LogP contribution in [0.4, 0.5) is 5.69 Å². The molecule has 0 aliphatic carbocycles. The van der Waals surface area contributed by atoms with Gasteiger partial charge in [0.1, 0.15) is 5.75 Å². The Kier molecular flexibility index (Phi) is 2.98. The molecule has 0 bridgehead atoms. The molecular formula is C15H14N4O2. The van der Waals surface area contributed by atoms with Crippen molar-refractivity contribution in [1.29, 1.82) is 0 Å². The first kappa shape index (κ1) is 13.0. The highest BCUT2D eigenvalue weighted by molar-refractivity contribution is 6.01. The summed E-state index contributed by atoms with van der Waals surface area (Å²) in [5.74, 6) is 0.157. The summed E-state index contributed by atoms with van der Waals surface area (Å²) >= 11 is 0. The number of nitrogens with zero attached hydrogens (tertiary/aromatic N) is 2. The molecule has 2 aromatic heterocycles. The molecule has 2 heterocycles. The van der Waals surface area contributed by atoms with Crippen molar-refractivity contribution in [2.75, 3.05) is 12.8 Å². The zero-order chi connectivity index (χ0) is 15.0. The maximum atomic E-state index is 11.3. The van der Waals surface area contributed by atoms with Crippen LogP contribution in [0, 0.1) is 0 Å². The SMILES string of the molecule is COc1ccccc1-c1cc2c(N)c(C(N)=O)cnn2c1. The zero-order valence-corrected chi connectivity index (χ0v) is 11.4. The van der Waals surface area contributed by atoms with Gasteiger partial charge in [-0.25, -0.2) is 4.52 Å². The van der Waals surface area contributed by atoms with E-state index in [2.05, 4.69) is 5.10 Å². The Bertz CT molecular complexity index is 839. The maximum absolute atomic E-state index is 11.3. The van der Waals surface area contributed by atoms with Gasteiger partial charge in [-0.05, 0) is 12.1 Å². The third-order valence-electron chi connectivity index (χ3n) is 3.36. The van der Waals surface area contributed by atoms with Crippen molar-refractivity contribution in [2.45, 2.75) is 0 Å². The number of aromatic nitrogens is 2. The predicted molar refractivity (Wildman–Crippen MR) is 80.1 cm³/mol. The number of methoxy groups -OCH3 is 1. The van der Waals surface area contributed by atoms with Crippen LogP contribution in [0.15, 0.2) is 42.7 Å². The van der Waals surface area contributed by atoms with Gasteiger partial charge < -0.3 is 16.2 Å². The second-order valence-corrected chi connectivity index (χ2v) is 4.60. The first-order chi connectivity index (χ1) is 10.1. The maximum Gasteiger partial charge on any atom is 0.252 e. The van der Waals surface area contributed by atoms with Crippen molar-refractivity contribution < 1.29 is 9.53 Å². The fourth-order valence-electron chi connectivity index (χ4n) is 2.30. The second-order valence-electron chi connectivity index (χ2n) is 4.60. The van der Waals surface area contributed by atoms with Crippen molar-refractivity contribution in [2.24, 2.45) is 5.73 Å². The summed E-state index contributed by atoms with van der Waals surface area (Å²) in [5, 5.41) is 4.16. The highest BCUT2D eigenvalue weighted by atomic mass is 16.5. The van der Waals surface area contributed by atoms with Crippen molar-refractivity contribution in [3.63, 3.8) is 0 Å². The lowest BCUT2D eigenvalue weighted by Gasteiger charge is -2.05. The molecule has 3 rings (SSSR count). The van der Waals surface area contributed by atoms with Crippen LogP contribution in [0.3, 0.4) is 0 Å². The van der Waals surface area contributed by atoms with Crippen LogP contribution in [-0.2, 0) is 0 Å². The van der Waals surface area contributed by atoms with Crippen LogP contribution in [0.25, 0.3) is 16.6 Å². The highest BCUT2D eigenvalue weighted by Crippen LogP contribution is 2.32. The van der Waals surface area contributed by atoms with E-state index in [4.69, 9.17) is 16.2 Å². The summed E-state index contributed by atoms with van der Waals surface area (Å²) in [6.07, 6.45) is 3.20. The van der Waals surface area contributed by atoms with Crippen LogP contribution in [0.2, 0.25) is 0 Å². The third kappa shape index (κ3) is 2.06. The Morgan fingerprint density at radius 1 is 1.33 bits per heavy atom. The van der Waals surface area contributed by atoms with Crippen molar-refractivity contribution in [3.05, 3.63) is 48.3 Å². The molecule has 3 aromatic rings. The number of fused-ring (bicyclic) bond motifs is 1. The van der Waals surface area contributed by atoms with Crippen LogP contribution in [-0.4, -0.2) is 22.6 Å². The number of nitrogen functional groups attached to an aromatic ring is 1. The molecule has 0 radical (unpaired) electrons. The van der Waals surface area contributed by atoms with E-state index in [1.54, 1.807) is 11.6 Å². The first-order valence-electron chi connectivity index (χ1n) is 6.32. The minimum absolute atomic E-state index is 0.215. The lowest BCUT2D eigenvalue weighted by atomic mass is 10.1. The van der Waals surface area contributed by atoms with Gasteiger partial charge >= 0.3 is 0 Å². The summed E-state index contributed by atoms with van der Waals surface area (Å²) < 4.78 is 6.97. The lowest BCUT2D eigenvalue weighted by Crippen LogP contribution is -2.15. The molecular weight excluding hydrogens is 268 g/mol.